The van der Waals surface area contributed by atoms with Gasteiger partial charge in [-0.05, 0) is 47.7 Å². The Bertz CT molecular complexity index is 1170. The Kier molecular flexibility index (Phi) is 8.10. The van der Waals surface area contributed by atoms with Crippen molar-refractivity contribution in [3.8, 4) is 11.1 Å². The second-order valence-corrected chi connectivity index (χ2v) is 7.99. The first kappa shape index (κ1) is 25.8. The van der Waals surface area contributed by atoms with E-state index in [1.165, 1.54) is 6.07 Å². The second-order valence-electron chi connectivity index (χ2n) is 7.99. The third-order valence-electron chi connectivity index (χ3n) is 5.87. The van der Waals surface area contributed by atoms with Crippen molar-refractivity contribution in [2.75, 3.05) is 19.6 Å². The van der Waals surface area contributed by atoms with Crippen LogP contribution in [0.4, 0.5) is 26.3 Å². The summed E-state index contributed by atoms with van der Waals surface area (Å²) in [6.45, 7) is 1.25. The summed E-state index contributed by atoms with van der Waals surface area (Å²) in [5.74, 6) is -3.07. The maximum atomic E-state index is 14.6. The summed E-state index contributed by atoms with van der Waals surface area (Å²) >= 11 is 0. The predicted octanol–water partition coefficient (Wildman–Crippen LogP) is 7.54. The van der Waals surface area contributed by atoms with Gasteiger partial charge in [-0.25, -0.2) is 13.2 Å². The smallest absolute Gasteiger partial charge is 0.299 e. The fourth-order valence-electron chi connectivity index (χ4n) is 4.03. The van der Waals surface area contributed by atoms with Gasteiger partial charge in [0.15, 0.2) is 11.6 Å². The molecule has 0 unspecified atom stereocenters. The topological polar surface area (TPSA) is 3.24 Å². The maximum Gasteiger partial charge on any atom is 0.416 e. The molecule has 0 amide bonds. The van der Waals surface area contributed by atoms with E-state index in [4.69, 9.17) is 0 Å². The summed E-state index contributed by atoms with van der Waals surface area (Å²) in [6, 6.07) is 14.4. The molecule has 0 fully saturated rings. The number of halogens is 7. The monoisotopic (exact) mass is 497 g/mol. The van der Waals surface area contributed by atoms with Crippen molar-refractivity contribution in [1.29, 1.82) is 0 Å². The maximum absolute atomic E-state index is 14.6. The number of hydrogen-bond acceptors (Lipinski definition) is 1. The Labute approximate surface area is 200 Å². The lowest BCUT2D eigenvalue weighted by Gasteiger charge is -2.27. The zero-order valence-electron chi connectivity index (χ0n) is 18.0. The van der Waals surface area contributed by atoms with Crippen LogP contribution >= 0.6 is 12.4 Å². The third-order valence-corrected chi connectivity index (χ3v) is 5.87. The largest absolute Gasteiger partial charge is 0.416 e. The van der Waals surface area contributed by atoms with E-state index in [1.807, 2.05) is 11.0 Å². The molecule has 0 N–H and O–H groups in total. The SMILES string of the molecule is Cl.Fc1cc(-c2ccccc2)c(F)c(F)c1CCN1CC=C(c2cccc(C(F)(F)F)c2)CC1. The van der Waals surface area contributed by atoms with Gasteiger partial charge < -0.3 is 0 Å². The zero-order valence-corrected chi connectivity index (χ0v) is 18.8. The first-order chi connectivity index (χ1) is 15.7. The van der Waals surface area contributed by atoms with Gasteiger partial charge in [0.25, 0.3) is 0 Å². The lowest BCUT2D eigenvalue weighted by molar-refractivity contribution is -0.137. The van der Waals surface area contributed by atoms with Crippen LogP contribution in [0.1, 0.15) is 23.1 Å². The van der Waals surface area contributed by atoms with E-state index in [2.05, 4.69) is 0 Å². The normalized spacial score (nSPS) is 14.5. The number of benzene rings is 3. The minimum absolute atomic E-state index is 0. The molecule has 1 aliphatic rings. The minimum Gasteiger partial charge on any atom is -0.299 e. The molecule has 1 nitrogen and oxygen atoms in total. The third kappa shape index (κ3) is 5.65. The molecule has 0 saturated carbocycles. The molecular formula is C26H22ClF6N. The van der Waals surface area contributed by atoms with Gasteiger partial charge in [0.1, 0.15) is 5.82 Å². The van der Waals surface area contributed by atoms with E-state index < -0.39 is 29.2 Å². The highest BCUT2D eigenvalue weighted by Gasteiger charge is 2.30. The van der Waals surface area contributed by atoms with Crippen molar-refractivity contribution in [2.45, 2.75) is 19.0 Å². The Morgan fingerprint density at radius 3 is 2.18 bits per heavy atom. The first-order valence-corrected chi connectivity index (χ1v) is 10.5. The standard InChI is InChI=1S/C26H21F6N.ClH/c27-23-16-22(18-5-2-1-3-6-18)25(29)24(28)21(23)11-14-33-12-9-17(10-13-33)19-7-4-8-20(15-19)26(30,31)32;/h1-9,15-16H,10-14H2;1H. The molecule has 4 rings (SSSR count). The lowest BCUT2D eigenvalue weighted by atomic mass is 9.97. The molecule has 1 heterocycles. The Hall–Kier alpha value is -2.77. The average molecular weight is 498 g/mol. The molecule has 0 saturated heterocycles. The fourth-order valence-corrected chi connectivity index (χ4v) is 4.03. The van der Waals surface area contributed by atoms with Gasteiger partial charge in [-0.2, -0.15) is 13.2 Å². The number of hydrogen-bond donors (Lipinski definition) is 0. The van der Waals surface area contributed by atoms with Gasteiger partial charge in [0.2, 0.25) is 0 Å². The van der Waals surface area contributed by atoms with Gasteiger partial charge in [0.05, 0.1) is 5.56 Å². The van der Waals surface area contributed by atoms with Crippen molar-refractivity contribution in [2.24, 2.45) is 0 Å². The fraction of sp³-hybridized carbons (Fsp3) is 0.231. The molecule has 0 radical (unpaired) electrons. The molecule has 0 spiro atoms. The van der Waals surface area contributed by atoms with Crippen LogP contribution in [-0.2, 0) is 12.6 Å². The van der Waals surface area contributed by atoms with Crippen molar-refractivity contribution >= 4 is 18.0 Å². The molecule has 8 heteroatoms. The van der Waals surface area contributed by atoms with E-state index >= 15 is 0 Å². The number of nitrogens with zero attached hydrogens (tertiary/aromatic N) is 1. The number of alkyl halides is 3. The van der Waals surface area contributed by atoms with Gasteiger partial charge in [-0.1, -0.05) is 48.5 Å². The van der Waals surface area contributed by atoms with Crippen molar-refractivity contribution < 1.29 is 26.3 Å². The molecule has 34 heavy (non-hydrogen) atoms. The molecule has 3 aromatic carbocycles. The quantitative estimate of drug-likeness (QED) is 0.260. The Morgan fingerprint density at radius 1 is 0.824 bits per heavy atom. The minimum atomic E-state index is -4.41. The summed E-state index contributed by atoms with van der Waals surface area (Å²) in [7, 11) is 0. The Balaban J connectivity index is 0.00000324. The van der Waals surface area contributed by atoms with Gasteiger partial charge in [-0.3, -0.25) is 4.90 Å². The highest BCUT2D eigenvalue weighted by Crippen LogP contribution is 2.33. The first-order valence-electron chi connectivity index (χ1n) is 10.5. The molecule has 0 atom stereocenters. The molecule has 0 bridgehead atoms. The van der Waals surface area contributed by atoms with E-state index in [-0.39, 0.29) is 30.0 Å². The van der Waals surface area contributed by atoms with Gasteiger partial charge in [-0.15, -0.1) is 12.4 Å². The van der Waals surface area contributed by atoms with E-state index in [9.17, 15) is 26.3 Å². The molecule has 1 aliphatic heterocycles. The van der Waals surface area contributed by atoms with Crippen LogP contribution in [0.3, 0.4) is 0 Å². The van der Waals surface area contributed by atoms with Crippen LogP contribution in [0.5, 0.6) is 0 Å². The number of rotatable bonds is 5. The zero-order chi connectivity index (χ0) is 23.6. The van der Waals surface area contributed by atoms with Crippen LogP contribution in [0.2, 0.25) is 0 Å². The van der Waals surface area contributed by atoms with Crippen molar-refractivity contribution in [3.63, 3.8) is 0 Å². The highest BCUT2D eigenvalue weighted by atomic mass is 35.5. The Morgan fingerprint density at radius 2 is 1.53 bits per heavy atom. The van der Waals surface area contributed by atoms with E-state index in [0.717, 1.165) is 23.8 Å². The molecule has 3 aromatic rings. The molecular weight excluding hydrogens is 476 g/mol. The van der Waals surface area contributed by atoms with Gasteiger partial charge >= 0.3 is 6.18 Å². The summed E-state index contributed by atoms with van der Waals surface area (Å²) in [5.41, 5.74) is 0.576. The summed E-state index contributed by atoms with van der Waals surface area (Å²) in [5, 5.41) is 0. The summed E-state index contributed by atoms with van der Waals surface area (Å²) in [4.78, 5) is 1.93. The summed E-state index contributed by atoms with van der Waals surface area (Å²) < 4.78 is 82.7. The van der Waals surface area contributed by atoms with Crippen LogP contribution < -0.4 is 0 Å². The van der Waals surface area contributed by atoms with Crippen molar-refractivity contribution in [3.05, 3.63) is 101 Å². The van der Waals surface area contributed by atoms with Crippen LogP contribution in [0.25, 0.3) is 16.7 Å². The molecule has 0 aromatic heterocycles. The molecule has 0 aliphatic carbocycles. The van der Waals surface area contributed by atoms with Crippen molar-refractivity contribution in [1.82, 2.24) is 4.90 Å². The second kappa shape index (κ2) is 10.7. The van der Waals surface area contributed by atoms with Crippen LogP contribution in [-0.4, -0.2) is 24.5 Å². The predicted molar refractivity (Wildman–Crippen MR) is 123 cm³/mol. The average Bonchev–Trinajstić information content (AvgIpc) is 2.82. The van der Waals surface area contributed by atoms with Crippen LogP contribution in [0, 0.1) is 17.5 Å². The summed E-state index contributed by atoms with van der Waals surface area (Å²) in [6.07, 6.45) is -2.09. The van der Waals surface area contributed by atoms with E-state index in [1.54, 1.807) is 36.4 Å². The van der Waals surface area contributed by atoms with E-state index in [0.29, 0.717) is 37.2 Å². The van der Waals surface area contributed by atoms with Crippen LogP contribution in [0.15, 0.2) is 66.7 Å². The highest BCUT2D eigenvalue weighted by molar-refractivity contribution is 5.85. The lowest BCUT2D eigenvalue weighted by Crippen LogP contribution is -2.31. The molecule has 180 valence electrons. The van der Waals surface area contributed by atoms with Gasteiger partial charge in [0, 0.05) is 30.8 Å².